The summed E-state index contributed by atoms with van der Waals surface area (Å²) < 4.78 is 41.2. The van der Waals surface area contributed by atoms with Crippen molar-refractivity contribution in [1.29, 1.82) is 0 Å². The highest BCUT2D eigenvalue weighted by atomic mass is 19.4. The summed E-state index contributed by atoms with van der Waals surface area (Å²) >= 11 is 0. The largest absolute Gasteiger partial charge is 0.411 e. The topological polar surface area (TPSA) is 21.3 Å². The molecule has 1 fully saturated rings. The van der Waals surface area contributed by atoms with Gasteiger partial charge in [0.2, 0.25) is 0 Å². The maximum absolute atomic E-state index is 12.1. The number of hydrogen-bond acceptors (Lipinski definition) is 2. The summed E-state index contributed by atoms with van der Waals surface area (Å²) in [5.41, 5.74) is 0. The Bertz CT molecular complexity index is 237. The fourth-order valence-electron chi connectivity index (χ4n) is 2.67. The minimum atomic E-state index is -4.22. The van der Waals surface area contributed by atoms with Gasteiger partial charge in [-0.25, -0.2) is 0 Å². The predicted octanol–water partition coefficient (Wildman–Crippen LogP) is 3.62. The second-order valence-corrected chi connectivity index (χ2v) is 5.99. The zero-order valence-corrected chi connectivity index (χ0v) is 11.9. The van der Waals surface area contributed by atoms with Crippen molar-refractivity contribution in [2.75, 3.05) is 26.3 Å². The summed E-state index contributed by atoms with van der Waals surface area (Å²) in [5, 5.41) is 3.35. The first-order chi connectivity index (χ1) is 8.88. The van der Waals surface area contributed by atoms with Gasteiger partial charge in [-0.1, -0.05) is 39.5 Å². The van der Waals surface area contributed by atoms with Gasteiger partial charge in [0.1, 0.15) is 6.61 Å². The monoisotopic (exact) mass is 281 g/mol. The standard InChI is InChI=1S/C14H26F3NO/c1-11(2)7-18-8-13(12-5-3-4-6-12)9-19-10-14(15,16)17/h11-13,18H,3-10H2,1-2H3. The quantitative estimate of drug-likeness (QED) is 0.733. The number of nitrogens with one attached hydrogen (secondary N) is 1. The van der Waals surface area contributed by atoms with Gasteiger partial charge in [-0.15, -0.1) is 0 Å². The lowest BCUT2D eigenvalue weighted by Crippen LogP contribution is -2.33. The third-order valence-corrected chi connectivity index (χ3v) is 3.62. The Balaban J connectivity index is 2.31. The fourth-order valence-corrected chi connectivity index (χ4v) is 2.67. The smallest absolute Gasteiger partial charge is 0.372 e. The van der Waals surface area contributed by atoms with Crippen molar-refractivity contribution in [1.82, 2.24) is 5.32 Å². The van der Waals surface area contributed by atoms with Crippen LogP contribution in [0.15, 0.2) is 0 Å². The van der Waals surface area contributed by atoms with Crippen LogP contribution in [0.4, 0.5) is 13.2 Å². The molecular weight excluding hydrogens is 255 g/mol. The molecule has 114 valence electrons. The molecular formula is C14H26F3NO. The van der Waals surface area contributed by atoms with Crippen LogP contribution in [-0.2, 0) is 4.74 Å². The molecule has 0 saturated heterocycles. The summed E-state index contributed by atoms with van der Waals surface area (Å²) in [4.78, 5) is 0. The zero-order valence-electron chi connectivity index (χ0n) is 11.9. The Morgan fingerprint density at radius 2 is 1.79 bits per heavy atom. The van der Waals surface area contributed by atoms with Gasteiger partial charge < -0.3 is 10.1 Å². The molecule has 0 amide bonds. The molecule has 1 rings (SSSR count). The Hall–Kier alpha value is -0.290. The number of alkyl halides is 3. The zero-order chi connectivity index (χ0) is 14.3. The van der Waals surface area contributed by atoms with Crippen LogP contribution >= 0.6 is 0 Å². The van der Waals surface area contributed by atoms with E-state index >= 15 is 0 Å². The van der Waals surface area contributed by atoms with Gasteiger partial charge in [0.25, 0.3) is 0 Å². The molecule has 1 aliphatic carbocycles. The Labute approximate surface area is 114 Å². The van der Waals surface area contributed by atoms with Crippen LogP contribution in [-0.4, -0.2) is 32.5 Å². The highest BCUT2D eigenvalue weighted by molar-refractivity contribution is 4.77. The molecule has 0 heterocycles. The molecule has 0 radical (unpaired) electrons. The van der Waals surface area contributed by atoms with Crippen molar-refractivity contribution in [3.05, 3.63) is 0 Å². The van der Waals surface area contributed by atoms with Crippen molar-refractivity contribution in [3.8, 4) is 0 Å². The summed E-state index contributed by atoms with van der Waals surface area (Å²) in [6, 6.07) is 0. The van der Waals surface area contributed by atoms with E-state index in [1.165, 1.54) is 12.8 Å². The summed E-state index contributed by atoms with van der Waals surface area (Å²) in [6.45, 7) is 5.01. The molecule has 1 aliphatic rings. The lowest BCUT2D eigenvalue weighted by molar-refractivity contribution is -0.177. The molecule has 1 saturated carbocycles. The van der Waals surface area contributed by atoms with Crippen LogP contribution in [0.25, 0.3) is 0 Å². The van der Waals surface area contributed by atoms with E-state index < -0.39 is 12.8 Å². The van der Waals surface area contributed by atoms with Gasteiger partial charge in [-0.2, -0.15) is 13.2 Å². The van der Waals surface area contributed by atoms with Crippen LogP contribution in [0.5, 0.6) is 0 Å². The molecule has 2 nitrogen and oxygen atoms in total. The molecule has 19 heavy (non-hydrogen) atoms. The SMILES string of the molecule is CC(C)CNCC(COCC(F)(F)F)C1CCCC1. The molecule has 0 aromatic carbocycles. The Morgan fingerprint density at radius 3 is 2.32 bits per heavy atom. The first-order valence-electron chi connectivity index (χ1n) is 7.23. The number of hydrogen-bond donors (Lipinski definition) is 1. The molecule has 0 aromatic rings. The molecule has 0 spiro atoms. The van der Waals surface area contributed by atoms with Crippen molar-refractivity contribution in [3.63, 3.8) is 0 Å². The van der Waals surface area contributed by atoms with Gasteiger partial charge in [0.05, 0.1) is 6.61 Å². The molecule has 1 atom stereocenters. The average molecular weight is 281 g/mol. The van der Waals surface area contributed by atoms with E-state index in [2.05, 4.69) is 19.2 Å². The van der Waals surface area contributed by atoms with Crippen molar-refractivity contribution in [2.24, 2.45) is 17.8 Å². The van der Waals surface area contributed by atoms with Crippen molar-refractivity contribution >= 4 is 0 Å². The third kappa shape index (κ3) is 7.78. The predicted molar refractivity (Wildman–Crippen MR) is 70.0 cm³/mol. The van der Waals surface area contributed by atoms with Gasteiger partial charge in [0, 0.05) is 6.54 Å². The minimum absolute atomic E-state index is 0.212. The Kier molecular flexibility index (Phi) is 7.15. The van der Waals surface area contributed by atoms with Gasteiger partial charge in [-0.05, 0) is 24.3 Å². The molecule has 0 bridgehead atoms. The van der Waals surface area contributed by atoms with E-state index in [0.717, 1.165) is 25.9 Å². The average Bonchev–Trinajstić information content (AvgIpc) is 2.78. The van der Waals surface area contributed by atoms with E-state index in [-0.39, 0.29) is 12.5 Å². The second-order valence-electron chi connectivity index (χ2n) is 5.99. The molecule has 5 heteroatoms. The van der Waals surface area contributed by atoms with Crippen LogP contribution in [0, 0.1) is 17.8 Å². The van der Waals surface area contributed by atoms with E-state index in [0.29, 0.717) is 11.8 Å². The van der Waals surface area contributed by atoms with Crippen LogP contribution in [0.1, 0.15) is 39.5 Å². The maximum atomic E-state index is 12.1. The second kappa shape index (κ2) is 8.10. The summed E-state index contributed by atoms with van der Waals surface area (Å²) in [7, 11) is 0. The lowest BCUT2D eigenvalue weighted by atomic mass is 9.91. The van der Waals surface area contributed by atoms with E-state index in [1.54, 1.807) is 0 Å². The lowest BCUT2D eigenvalue weighted by Gasteiger charge is -2.24. The number of rotatable bonds is 8. The number of ether oxygens (including phenoxy) is 1. The first-order valence-corrected chi connectivity index (χ1v) is 7.23. The highest BCUT2D eigenvalue weighted by Crippen LogP contribution is 2.31. The molecule has 0 aliphatic heterocycles. The maximum Gasteiger partial charge on any atom is 0.411 e. The first kappa shape index (κ1) is 16.8. The normalized spacial score (nSPS) is 19.3. The summed E-state index contributed by atoms with van der Waals surface area (Å²) in [6.07, 6.45) is 0.438. The van der Waals surface area contributed by atoms with E-state index in [9.17, 15) is 13.2 Å². The Morgan fingerprint density at radius 1 is 1.16 bits per heavy atom. The molecule has 1 unspecified atom stereocenters. The third-order valence-electron chi connectivity index (χ3n) is 3.62. The van der Waals surface area contributed by atoms with Crippen LogP contribution in [0.3, 0.4) is 0 Å². The van der Waals surface area contributed by atoms with Crippen molar-refractivity contribution in [2.45, 2.75) is 45.7 Å². The summed E-state index contributed by atoms with van der Waals surface area (Å²) in [5.74, 6) is 1.29. The molecule has 0 aromatic heterocycles. The minimum Gasteiger partial charge on any atom is -0.372 e. The van der Waals surface area contributed by atoms with E-state index in [4.69, 9.17) is 4.74 Å². The van der Waals surface area contributed by atoms with Crippen molar-refractivity contribution < 1.29 is 17.9 Å². The van der Waals surface area contributed by atoms with Gasteiger partial charge >= 0.3 is 6.18 Å². The molecule has 1 N–H and O–H groups in total. The fraction of sp³-hybridized carbons (Fsp3) is 1.00. The number of halogens is 3. The van der Waals surface area contributed by atoms with E-state index in [1.807, 2.05) is 0 Å². The van der Waals surface area contributed by atoms with Gasteiger partial charge in [-0.3, -0.25) is 0 Å². The highest BCUT2D eigenvalue weighted by Gasteiger charge is 2.30. The van der Waals surface area contributed by atoms with Gasteiger partial charge in [0.15, 0.2) is 0 Å². The van der Waals surface area contributed by atoms with Crippen LogP contribution < -0.4 is 5.32 Å². The van der Waals surface area contributed by atoms with Crippen LogP contribution in [0.2, 0.25) is 0 Å².